The van der Waals surface area contributed by atoms with E-state index in [0.29, 0.717) is 4.47 Å². The molecule has 170 valence electrons. The Morgan fingerprint density at radius 3 is 1.90 bits per heavy atom. The van der Waals surface area contributed by atoms with Gasteiger partial charge in [-0.05, 0) is 55.0 Å². The van der Waals surface area contributed by atoms with Gasteiger partial charge in [0.15, 0.2) is 9.84 Å². The van der Waals surface area contributed by atoms with Crippen molar-refractivity contribution in [1.82, 2.24) is 9.03 Å². The lowest BCUT2D eigenvalue weighted by atomic mass is 10.2. The fourth-order valence-corrected chi connectivity index (χ4v) is 8.26. The van der Waals surface area contributed by atoms with Crippen LogP contribution in [0.1, 0.15) is 6.42 Å². The van der Waals surface area contributed by atoms with Crippen LogP contribution in [0.2, 0.25) is 0 Å². The second-order valence-electron chi connectivity index (χ2n) is 6.98. The van der Waals surface area contributed by atoms with Crippen molar-refractivity contribution in [2.75, 3.05) is 24.6 Å². The van der Waals surface area contributed by atoms with Crippen LogP contribution in [0.15, 0.2) is 67.3 Å². The number of rotatable bonds is 8. The highest BCUT2D eigenvalue weighted by Gasteiger charge is 2.38. The molecule has 0 radical (unpaired) electrons. The van der Waals surface area contributed by atoms with Crippen molar-refractivity contribution in [2.24, 2.45) is 0 Å². The molecule has 0 spiro atoms. The van der Waals surface area contributed by atoms with Crippen LogP contribution in [0.4, 0.5) is 0 Å². The van der Waals surface area contributed by atoms with E-state index in [2.05, 4.69) is 36.6 Å². The van der Waals surface area contributed by atoms with Gasteiger partial charge >= 0.3 is 0 Å². The monoisotopic (exact) mass is 614 g/mol. The lowest BCUT2D eigenvalue weighted by Crippen LogP contribution is -2.45. The number of nitrogens with one attached hydrogen (secondary N) is 1. The van der Waals surface area contributed by atoms with E-state index in [9.17, 15) is 25.3 Å². The Labute approximate surface area is 199 Å². The van der Waals surface area contributed by atoms with Gasteiger partial charge in [0, 0.05) is 28.1 Å². The van der Waals surface area contributed by atoms with Gasteiger partial charge in [0.1, 0.15) is 0 Å². The van der Waals surface area contributed by atoms with Crippen LogP contribution >= 0.6 is 31.9 Å². The van der Waals surface area contributed by atoms with E-state index in [-0.39, 0.29) is 40.8 Å². The molecule has 1 aliphatic rings. The van der Waals surface area contributed by atoms with E-state index >= 15 is 0 Å². The molecule has 1 atom stereocenters. The standard InChI is InChI=1S/C18H20Br2N2O6S3/c19-14-1-5-17(6-2-14)30(25,26)21-10-11-22(16-9-12-29(23,24)13-16)31(27,28)18-7-3-15(20)4-8-18/h1-8,16,21H,9-13H2/t16-/m1/s1. The van der Waals surface area contributed by atoms with E-state index in [1.54, 1.807) is 24.3 Å². The van der Waals surface area contributed by atoms with E-state index in [1.165, 1.54) is 24.3 Å². The third-order valence-electron chi connectivity index (χ3n) is 4.78. The minimum Gasteiger partial charge on any atom is -0.229 e. The van der Waals surface area contributed by atoms with Gasteiger partial charge in [-0.25, -0.2) is 30.0 Å². The number of hydrogen-bond acceptors (Lipinski definition) is 6. The van der Waals surface area contributed by atoms with Gasteiger partial charge in [0.2, 0.25) is 20.0 Å². The van der Waals surface area contributed by atoms with Crippen molar-refractivity contribution in [3.8, 4) is 0 Å². The average molecular weight is 616 g/mol. The van der Waals surface area contributed by atoms with Crippen molar-refractivity contribution >= 4 is 61.7 Å². The van der Waals surface area contributed by atoms with Crippen LogP contribution in [-0.2, 0) is 29.9 Å². The second kappa shape index (κ2) is 9.57. The van der Waals surface area contributed by atoms with Gasteiger partial charge in [-0.2, -0.15) is 4.31 Å². The minimum absolute atomic E-state index is 0.00997. The third kappa shape index (κ3) is 6.15. The van der Waals surface area contributed by atoms with Gasteiger partial charge in [-0.3, -0.25) is 0 Å². The third-order valence-corrected chi connectivity index (χ3v) is 11.0. The molecule has 8 nitrogen and oxygen atoms in total. The number of sulfone groups is 1. The first-order valence-corrected chi connectivity index (χ1v) is 15.5. The molecule has 31 heavy (non-hydrogen) atoms. The summed E-state index contributed by atoms with van der Waals surface area (Å²) in [5.41, 5.74) is 0. The van der Waals surface area contributed by atoms with Crippen molar-refractivity contribution < 1.29 is 25.3 Å². The molecular formula is C18H20Br2N2O6S3. The molecule has 1 N–H and O–H groups in total. The van der Waals surface area contributed by atoms with E-state index < -0.39 is 35.9 Å². The number of sulfonamides is 2. The highest BCUT2D eigenvalue weighted by Crippen LogP contribution is 2.26. The lowest BCUT2D eigenvalue weighted by molar-refractivity contribution is 0.343. The fourth-order valence-electron chi connectivity index (χ4n) is 3.23. The van der Waals surface area contributed by atoms with Gasteiger partial charge in [-0.15, -0.1) is 0 Å². The summed E-state index contributed by atoms with van der Waals surface area (Å²) in [4.78, 5) is 0.0530. The minimum atomic E-state index is -4.03. The zero-order valence-electron chi connectivity index (χ0n) is 16.1. The highest BCUT2D eigenvalue weighted by atomic mass is 79.9. The fraction of sp³-hybridized carbons (Fsp3) is 0.333. The topological polar surface area (TPSA) is 118 Å². The summed E-state index contributed by atoms with van der Waals surface area (Å²) in [5, 5.41) is 0. The van der Waals surface area contributed by atoms with Crippen LogP contribution < -0.4 is 4.72 Å². The molecule has 13 heteroatoms. The summed E-state index contributed by atoms with van der Waals surface area (Å²) < 4.78 is 80.3. The largest absolute Gasteiger partial charge is 0.243 e. The first-order chi connectivity index (χ1) is 14.4. The average Bonchev–Trinajstić information content (AvgIpc) is 3.05. The Morgan fingerprint density at radius 2 is 1.42 bits per heavy atom. The molecule has 1 heterocycles. The Morgan fingerprint density at radius 1 is 0.903 bits per heavy atom. The number of hydrogen-bond donors (Lipinski definition) is 1. The Balaban J connectivity index is 1.82. The van der Waals surface area contributed by atoms with Crippen molar-refractivity contribution in [1.29, 1.82) is 0 Å². The van der Waals surface area contributed by atoms with E-state index in [4.69, 9.17) is 0 Å². The maximum absolute atomic E-state index is 13.2. The molecule has 0 unspecified atom stereocenters. The van der Waals surface area contributed by atoms with Crippen LogP contribution in [0, 0.1) is 0 Å². The molecule has 1 fully saturated rings. The molecule has 0 aliphatic carbocycles. The smallest absolute Gasteiger partial charge is 0.229 e. The molecule has 1 saturated heterocycles. The van der Waals surface area contributed by atoms with E-state index in [0.717, 1.165) is 8.78 Å². The summed E-state index contributed by atoms with van der Waals surface area (Å²) >= 11 is 6.49. The molecule has 0 bridgehead atoms. The number of nitrogens with zero attached hydrogens (tertiary/aromatic N) is 1. The maximum atomic E-state index is 13.2. The van der Waals surface area contributed by atoms with Crippen molar-refractivity contribution in [3.05, 3.63) is 57.5 Å². The van der Waals surface area contributed by atoms with Gasteiger partial charge < -0.3 is 0 Å². The predicted molar refractivity (Wildman–Crippen MR) is 124 cm³/mol. The van der Waals surface area contributed by atoms with E-state index in [1.807, 2.05) is 0 Å². The molecule has 3 rings (SSSR count). The lowest BCUT2D eigenvalue weighted by Gasteiger charge is -2.27. The number of benzene rings is 2. The van der Waals surface area contributed by atoms with Crippen LogP contribution in [0.25, 0.3) is 0 Å². The van der Waals surface area contributed by atoms with Crippen LogP contribution in [-0.4, -0.2) is 60.2 Å². The quantitative estimate of drug-likeness (QED) is 0.487. The van der Waals surface area contributed by atoms with Gasteiger partial charge in [0.25, 0.3) is 0 Å². The summed E-state index contributed by atoms with van der Waals surface area (Å²) in [5.74, 6) is -0.392. The molecule has 1 aliphatic heterocycles. The molecular weight excluding hydrogens is 596 g/mol. The molecule has 2 aromatic rings. The maximum Gasteiger partial charge on any atom is 0.243 e. The second-order valence-corrected chi connectivity index (χ2v) is 14.7. The summed E-state index contributed by atoms with van der Waals surface area (Å²) in [6.07, 6.45) is 0.164. The molecule has 0 saturated carbocycles. The predicted octanol–water partition coefficient (Wildman–Crippen LogP) is 2.37. The summed E-state index contributed by atoms with van der Waals surface area (Å²) in [6.45, 7) is -0.404. The van der Waals surface area contributed by atoms with Crippen molar-refractivity contribution in [3.63, 3.8) is 0 Å². The first kappa shape index (κ1) is 24.8. The van der Waals surface area contributed by atoms with Crippen LogP contribution in [0.5, 0.6) is 0 Å². The summed E-state index contributed by atoms with van der Waals surface area (Å²) in [6, 6.07) is 11.3. The van der Waals surface area contributed by atoms with Crippen LogP contribution in [0.3, 0.4) is 0 Å². The van der Waals surface area contributed by atoms with Gasteiger partial charge in [0.05, 0.1) is 21.3 Å². The first-order valence-electron chi connectivity index (χ1n) is 9.14. The van der Waals surface area contributed by atoms with Crippen molar-refractivity contribution in [2.45, 2.75) is 22.3 Å². The molecule has 0 amide bonds. The number of halogens is 2. The zero-order chi connectivity index (χ0) is 22.9. The molecule has 2 aromatic carbocycles. The normalized spacial score (nSPS) is 19.0. The Bertz CT molecular complexity index is 1250. The Kier molecular flexibility index (Phi) is 7.66. The molecule has 0 aromatic heterocycles. The zero-order valence-corrected chi connectivity index (χ0v) is 21.7. The SMILES string of the molecule is O=S1(=O)CC[C@@H](N(CCNS(=O)(=O)c2ccc(Br)cc2)S(=O)(=O)c2ccc(Br)cc2)C1. The van der Waals surface area contributed by atoms with Gasteiger partial charge in [-0.1, -0.05) is 31.9 Å². The Hall–Kier alpha value is -0.830. The summed E-state index contributed by atoms with van der Waals surface area (Å²) in [7, 11) is -11.2. The highest BCUT2D eigenvalue weighted by molar-refractivity contribution is 9.10.